The van der Waals surface area contributed by atoms with Crippen molar-refractivity contribution in [3.63, 3.8) is 0 Å². The first kappa shape index (κ1) is 14.5. The molecule has 1 fully saturated rings. The van der Waals surface area contributed by atoms with Crippen LogP contribution < -0.4 is 5.32 Å². The zero-order valence-electron chi connectivity index (χ0n) is 11.6. The third-order valence-corrected chi connectivity index (χ3v) is 3.61. The van der Waals surface area contributed by atoms with Gasteiger partial charge in [-0.2, -0.15) is 0 Å². The molecule has 20 heavy (non-hydrogen) atoms. The maximum absolute atomic E-state index is 11.9. The van der Waals surface area contributed by atoms with E-state index in [1.807, 2.05) is 0 Å². The summed E-state index contributed by atoms with van der Waals surface area (Å²) in [5.41, 5.74) is 0.358. The van der Waals surface area contributed by atoms with Crippen LogP contribution in [0, 0.1) is 5.92 Å². The molecule has 0 radical (unpaired) electrons. The molecule has 7 heteroatoms. The maximum atomic E-state index is 11.9. The number of hydrogen-bond donors (Lipinski definition) is 2. The second-order valence-corrected chi connectivity index (χ2v) is 5.50. The van der Waals surface area contributed by atoms with Crippen molar-refractivity contribution in [2.45, 2.75) is 51.6 Å². The fourth-order valence-electron chi connectivity index (χ4n) is 2.48. The Morgan fingerprint density at radius 1 is 1.40 bits per heavy atom. The molecule has 0 bridgehead atoms. The molecule has 1 aromatic heterocycles. The van der Waals surface area contributed by atoms with Gasteiger partial charge in [-0.25, -0.2) is 4.68 Å². The van der Waals surface area contributed by atoms with E-state index in [0.29, 0.717) is 5.69 Å². The normalized spacial score (nSPS) is 22.4. The van der Waals surface area contributed by atoms with Crippen molar-refractivity contribution < 1.29 is 14.7 Å². The van der Waals surface area contributed by atoms with Gasteiger partial charge in [-0.1, -0.05) is 12.1 Å². The van der Waals surface area contributed by atoms with E-state index in [4.69, 9.17) is 5.11 Å². The molecule has 1 aliphatic rings. The number of carbonyl (C=O) groups excluding carboxylic acids is 1. The van der Waals surface area contributed by atoms with Crippen molar-refractivity contribution in [3.8, 4) is 0 Å². The lowest BCUT2D eigenvalue weighted by Crippen LogP contribution is -2.39. The Balaban J connectivity index is 1.79. The summed E-state index contributed by atoms with van der Waals surface area (Å²) >= 11 is 0. The number of hydrogen-bond acceptors (Lipinski definition) is 4. The largest absolute Gasteiger partial charge is 0.481 e. The summed E-state index contributed by atoms with van der Waals surface area (Å²) in [7, 11) is 0. The van der Waals surface area contributed by atoms with Crippen LogP contribution >= 0.6 is 0 Å². The summed E-state index contributed by atoms with van der Waals surface area (Å²) in [6.07, 6.45) is 5.66. The van der Waals surface area contributed by atoms with E-state index in [0.717, 1.165) is 31.6 Å². The lowest BCUT2D eigenvalue weighted by atomic mass is 9.87. The molecule has 0 spiro atoms. The minimum atomic E-state index is -0.960. The van der Waals surface area contributed by atoms with Crippen LogP contribution in [0.1, 0.15) is 38.3 Å². The van der Waals surface area contributed by atoms with Gasteiger partial charge in [0.15, 0.2) is 0 Å². The number of aliphatic carboxylic acids is 1. The van der Waals surface area contributed by atoms with Crippen LogP contribution in [0.25, 0.3) is 0 Å². The zero-order valence-corrected chi connectivity index (χ0v) is 11.6. The number of aromatic nitrogens is 3. The van der Waals surface area contributed by atoms with Crippen molar-refractivity contribution in [2.75, 3.05) is 0 Å². The molecular formula is C13H20N4O3. The van der Waals surface area contributed by atoms with Crippen LogP contribution in [-0.4, -0.2) is 38.0 Å². The predicted octanol–water partition coefficient (Wildman–Crippen LogP) is 0.600. The molecule has 0 saturated heterocycles. The number of nitrogens with zero attached hydrogens (tertiary/aromatic N) is 3. The van der Waals surface area contributed by atoms with Gasteiger partial charge < -0.3 is 10.4 Å². The molecule has 1 heterocycles. The molecule has 1 saturated carbocycles. The lowest BCUT2D eigenvalue weighted by Gasteiger charge is -2.26. The van der Waals surface area contributed by atoms with E-state index in [9.17, 15) is 9.59 Å². The number of amides is 1. The van der Waals surface area contributed by atoms with Crippen molar-refractivity contribution in [3.05, 3.63) is 11.9 Å². The van der Waals surface area contributed by atoms with Gasteiger partial charge in [-0.15, -0.1) is 5.10 Å². The third-order valence-electron chi connectivity index (χ3n) is 3.61. The fraction of sp³-hybridized carbons (Fsp3) is 0.692. The highest BCUT2D eigenvalue weighted by atomic mass is 16.4. The highest BCUT2D eigenvalue weighted by Gasteiger charge is 2.20. The summed E-state index contributed by atoms with van der Waals surface area (Å²) in [5.74, 6) is -0.314. The summed E-state index contributed by atoms with van der Waals surface area (Å²) in [6, 6.07) is 0.251. The number of carboxylic acid groups (broad SMARTS) is 1. The molecule has 0 aromatic carbocycles. The molecule has 0 unspecified atom stereocenters. The predicted molar refractivity (Wildman–Crippen MR) is 70.9 cm³/mol. The van der Waals surface area contributed by atoms with Gasteiger partial charge in [-0.3, -0.25) is 9.59 Å². The molecule has 0 aliphatic heterocycles. The van der Waals surface area contributed by atoms with Crippen LogP contribution in [0.3, 0.4) is 0 Å². The molecule has 7 nitrogen and oxygen atoms in total. The van der Waals surface area contributed by atoms with Crippen LogP contribution in [-0.2, 0) is 22.6 Å². The number of carboxylic acids is 1. The highest BCUT2D eigenvalue weighted by Crippen LogP contribution is 2.23. The minimum Gasteiger partial charge on any atom is -0.481 e. The van der Waals surface area contributed by atoms with Crippen molar-refractivity contribution >= 4 is 11.9 Å². The molecular weight excluding hydrogens is 260 g/mol. The minimum absolute atomic E-state index is 0.0820. The molecule has 1 aliphatic carbocycles. The number of nitrogens with one attached hydrogen (secondary N) is 1. The first-order valence-electron chi connectivity index (χ1n) is 6.93. The van der Waals surface area contributed by atoms with Crippen molar-refractivity contribution in [1.29, 1.82) is 0 Å². The zero-order chi connectivity index (χ0) is 14.5. The fourth-order valence-corrected chi connectivity index (χ4v) is 2.48. The van der Waals surface area contributed by atoms with E-state index in [-0.39, 0.29) is 24.9 Å². The van der Waals surface area contributed by atoms with Crippen LogP contribution in [0.4, 0.5) is 0 Å². The molecule has 1 aromatic rings. The second kappa shape index (κ2) is 6.49. The Morgan fingerprint density at radius 2 is 2.10 bits per heavy atom. The molecule has 110 valence electrons. The molecule has 2 N–H and O–H groups in total. The van der Waals surface area contributed by atoms with Gasteiger partial charge in [0.2, 0.25) is 5.91 Å². The average Bonchev–Trinajstić information content (AvgIpc) is 2.78. The second-order valence-electron chi connectivity index (χ2n) is 5.50. The van der Waals surface area contributed by atoms with Crippen molar-refractivity contribution in [1.82, 2.24) is 20.3 Å². The van der Waals surface area contributed by atoms with Gasteiger partial charge in [0.05, 0.1) is 12.1 Å². The Bertz CT molecular complexity index is 478. The van der Waals surface area contributed by atoms with Crippen LogP contribution in [0.5, 0.6) is 0 Å². The van der Waals surface area contributed by atoms with E-state index in [1.54, 1.807) is 0 Å². The number of carbonyl (C=O) groups is 2. The van der Waals surface area contributed by atoms with Gasteiger partial charge >= 0.3 is 5.97 Å². The monoisotopic (exact) mass is 280 g/mol. The first-order chi connectivity index (χ1) is 9.52. The molecule has 1 amide bonds. The smallest absolute Gasteiger partial charge is 0.309 e. The van der Waals surface area contributed by atoms with Gasteiger partial charge in [-0.05, 0) is 31.6 Å². The summed E-state index contributed by atoms with van der Waals surface area (Å²) in [6.45, 7) is 2.32. The Kier molecular flexibility index (Phi) is 4.70. The van der Waals surface area contributed by atoms with Gasteiger partial charge in [0.25, 0.3) is 0 Å². The summed E-state index contributed by atoms with van der Waals surface area (Å²) in [4.78, 5) is 22.4. The van der Waals surface area contributed by atoms with Crippen LogP contribution in [0.15, 0.2) is 6.20 Å². The van der Waals surface area contributed by atoms with Crippen molar-refractivity contribution in [2.24, 2.45) is 5.92 Å². The Morgan fingerprint density at radius 3 is 2.75 bits per heavy atom. The van der Waals surface area contributed by atoms with Gasteiger partial charge in [0.1, 0.15) is 6.54 Å². The molecule has 0 atom stereocenters. The third kappa shape index (κ3) is 4.32. The highest BCUT2D eigenvalue weighted by molar-refractivity contribution is 5.76. The summed E-state index contributed by atoms with van der Waals surface area (Å²) in [5, 5.41) is 19.1. The topological polar surface area (TPSA) is 97.1 Å². The van der Waals surface area contributed by atoms with E-state index >= 15 is 0 Å². The maximum Gasteiger partial charge on any atom is 0.309 e. The number of rotatable bonds is 5. The SMILES string of the molecule is CC1CCC(NC(=O)Cn2cc(CC(=O)O)nn2)CC1. The van der Waals surface area contributed by atoms with Gasteiger partial charge in [0, 0.05) is 12.2 Å². The Hall–Kier alpha value is -1.92. The first-order valence-corrected chi connectivity index (χ1v) is 6.93. The van der Waals surface area contributed by atoms with E-state index in [2.05, 4.69) is 22.6 Å². The quantitative estimate of drug-likeness (QED) is 0.823. The summed E-state index contributed by atoms with van der Waals surface area (Å²) < 4.78 is 1.37. The van der Waals surface area contributed by atoms with E-state index in [1.165, 1.54) is 10.9 Å². The molecule has 2 rings (SSSR count). The Labute approximate surface area is 117 Å². The van der Waals surface area contributed by atoms with Crippen LogP contribution in [0.2, 0.25) is 0 Å². The standard InChI is InChI=1S/C13H20N4O3/c1-9-2-4-10(5-3-9)14-12(18)8-17-7-11(15-16-17)6-13(19)20/h7,9-10H,2-6,8H2,1H3,(H,14,18)(H,19,20). The average molecular weight is 280 g/mol. The lowest BCUT2D eigenvalue weighted by molar-refractivity contribution is -0.136. The van der Waals surface area contributed by atoms with E-state index < -0.39 is 5.97 Å².